The highest BCUT2D eigenvalue weighted by atomic mass is 16.4. The van der Waals surface area contributed by atoms with E-state index in [0.717, 1.165) is 0 Å². The number of nitrogens with two attached hydrogens (primary N) is 1. The van der Waals surface area contributed by atoms with E-state index in [0.29, 0.717) is 11.5 Å². The first-order valence-electron chi connectivity index (χ1n) is 5.03. The number of carbonyl (C=O) groups excluding carboxylic acids is 1. The molecule has 92 valence electrons. The minimum Gasteiger partial charge on any atom is -0.478 e. The lowest BCUT2D eigenvalue weighted by Gasteiger charge is -2.23. The van der Waals surface area contributed by atoms with E-state index in [1.165, 1.54) is 12.1 Å². The van der Waals surface area contributed by atoms with Crippen molar-refractivity contribution in [2.24, 2.45) is 5.73 Å². The van der Waals surface area contributed by atoms with Crippen LogP contribution in [0.25, 0.3) is 0 Å². The lowest BCUT2D eigenvalue weighted by Crippen LogP contribution is -2.45. The van der Waals surface area contributed by atoms with Crippen molar-refractivity contribution in [2.75, 3.05) is 5.32 Å². The first-order valence-corrected chi connectivity index (χ1v) is 5.03. The average molecular weight is 237 g/mol. The molecule has 1 heterocycles. The molecule has 6 nitrogen and oxygen atoms in total. The summed E-state index contributed by atoms with van der Waals surface area (Å²) in [5, 5.41) is 11.7. The standard InChI is InChI=1S/C11H15N3O3/c1-6-7(9(15)16)4-5-8(13-6)14-11(2,3)10(12)17/h4-5H,1-3H3,(H2,12,17)(H,13,14)(H,15,16). The molecule has 0 fully saturated rings. The molecule has 0 aromatic carbocycles. The number of hydrogen-bond donors (Lipinski definition) is 3. The molecule has 4 N–H and O–H groups in total. The number of carboxylic acids is 1. The van der Waals surface area contributed by atoms with E-state index in [-0.39, 0.29) is 5.56 Å². The fraction of sp³-hybridized carbons (Fsp3) is 0.364. The number of aromatic nitrogens is 1. The van der Waals surface area contributed by atoms with Gasteiger partial charge in [0.25, 0.3) is 0 Å². The van der Waals surface area contributed by atoms with Crippen molar-refractivity contribution in [1.82, 2.24) is 4.98 Å². The number of aryl methyl sites for hydroxylation is 1. The number of nitrogens with zero attached hydrogens (tertiary/aromatic N) is 1. The van der Waals surface area contributed by atoms with Gasteiger partial charge in [-0.15, -0.1) is 0 Å². The monoisotopic (exact) mass is 237 g/mol. The number of nitrogens with one attached hydrogen (secondary N) is 1. The van der Waals surface area contributed by atoms with Gasteiger partial charge < -0.3 is 16.2 Å². The summed E-state index contributed by atoms with van der Waals surface area (Å²) in [6.45, 7) is 4.83. The van der Waals surface area contributed by atoms with Gasteiger partial charge in [0.2, 0.25) is 5.91 Å². The third kappa shape index (κ3) is 2.93. The van der Waals surface area contributed by atoms with E-state index in [1.54, 1.807) is 20.8 Å². The zero-order chi connectivity index (χ0) is 13.2. The van der Waals surface area contributed by atoms with Crippen LogP contribution >= 0.6 is 0 Å². The summed E-state index contributed by atoms with van der Waals surface area (Å²) in [4.78, 5) is 26.0. The Morgan fingerprint density at radius 1 is 1.41 bits per heavy atom. The van der Waals surface area contributed by atoms with Crippen molar-refractivity contribution >= 4 is 17.7 Å². The summed E-state index contributed by atoms with van der Waals surface area (Å²) < 4.78 is 0. The molecule has 0 radical (unpaired) electrons. The SMILES string of the molecule is Cc1nc(NC(C)(C)C(N)=O)ccc1C(=O)O. The number of hydrogen-bond acceptors (Lipinski definition) is 4. The van der Waals surface area contributed by atoms with E-state index in [9.17, 15) is 9.59 Å². The molecule has 1 rings (SSSR count). The summed E-state index contributed by atoms with van der Waals surface area (Å²) in [5.41, 5.74) is 4.78. The van der Waals surface area contributed by atoms with Crippen molar-refractivity contribution in [2.45, 2.75) is 26.3 Å². The van der Waals surface area contributed by atoms with Gasteiger partial charge in [-0.05, 0) is 32.9 Å². The minimum atomic E-state index is -1.03. The molecule has 1 aromatic heterocycles. The third-order valence-electron chi connectivity index (χ3n) is 2.37. The van der Waals surface area contributed by atoms with Crippen LogP contribution in [0, 0.1) is 6.92 Å². The Morgan fingerprint density at radius 3 is 2.41 bits per heavy atom. The number of rotatable bonds is 4. The number of aromatic carboxylic acids is 1. The topological polar surface area (TPSA) is 105 Å². The van der Waals surface area contributed by atoms with E-state index in [4.69, 9.17) is 10.8 Å². The molecule has 0 bridgehead atoms. The number of anilines is 1. The van der Waals surface area contributed by atoms with Crippen LogP contribution in [-0.4, -0.2) is 27.5 Å². The lowest BCUT2D eigenvalue weighted by atomic mass is 10.1. The van der Waals surface area contributed by atoms with E-state index in [2.05, 4.69) is 10.3 Å². The van der Waals surface area contributed by atoms with Crippen LogP contribution in [0.2, 0.25) is 0 Å². The Morgan fingerprint density at radius 2 is 2.00 bits per heavy atom. The van der Waals surface area contributed by atoms with Gasteiger partial charge in [0.15, 0.2) is 0 Å². The maximum absolute atomic E-state index is 11.1. The van der Waals surface area contributed by atoms with Gasteiger partial charge in [-0.25, -0.2) is 9.78 Å². The van der Waals surface area contributed by atoms with Crippen LogP contribution < -0.4 is 11.1 Å². The number of carbonyl (C=O) groups is 2. The molecule has 6 heteroatoms. The maximum Gasteiger partial charge on any atom is 0.337 e. The molecule has 0 aliphatic heterocycles. The largest absolute Gasteiger partial charge is 0.478 e. The number of pyridine rings is 1. The second-order valence-corrected chi connectivity index (χ2v) is 4.25. The second kappa shape index (κ2) is 4.40. The van der Waals surface area contributed by atoms with Gasteiger partial charge in [0, 0.05) is 0 Å². The normalized spacial score (nSPS) is 11.0. The van der Waals surface area contributed by atoms with Crippen molar-refractivity contribution in [3.63, 3.8) is 0 Å². The van der Waals surface area contributed by atoms with E-state index >= 15 is 0 Å². The smallest absolute Gasteiger partial charge is 0.337 e. The Balaban J connectivity index is 2.99. The zero-order valence-corrected chi connectivity index (χ0v) is 9.94. The fourth-order valence-corrected chi connectivity index (χ4v) is 1.24. The van der Waals surface area contributed by atoms with Crippen LogP contribution in [0.1, 0.15) is 29.9 Å². The molecular weight excluding hydrogens is 222 g/mol. The summed E-state index contributed by atoms with van der Waals surface area (Å²) >= 11 is 0. The van der Waals surface area contributed by atoms with Crippen LogP contribution in [0.3, 0.4) is 0 Å². The molecule has 1 amide bonds. The maximum atomic E-state index is 11.1. The Kier molecular flexibility index (Phi) is 3.36. The van der Waals surface area contributed by atoms with Gasteiger partial charge in [-0.3, -0.25) is 4.79 Å². The highest BCUT2D eigenvalue weighted by molar-refractivity contribution is 5.89. The highest BCUT2D eigenvalue weighted by Crippen LogP contribution is 2.15. The summed E-state index contributed by atoms with van der Waals surface area (Å²) in [7, 11) is 0. The molecule has 1 aromatic rings. The number of amides is 1. The molecule has 0 aliphatic rings. The van der Waals surface area contributed by atoms with Crippen molar-refractivity contribution in [1.29, 1.82) is 0 Å². The molecule has 0 aliphatic carbocycles. The summed E-state index contributed by atoms with van der Waals surface area (Å²) in [6.07, 6.45) is 0. The van der Waals surface area contributed by atoms with Gasteiger partial charge in [-0.1, -0.05) is 0 Å². The Bertz CT molecular complexity index is 469. The number of primary amides is 1. The van der Waals surface area contributed by atoms with Crippen LogP contribution in [-0.2, 0) is 4.79 Å². The summed E-state index contributed by atoms with van der Waals surface area (Å²) in [5.74, 6) is -1.13. The first-order chi connectivity index (χ1) is 7.74. The molecule has 0 saturated heterocycles. The second-order valence-electron chi connectivity index (χ2n) is 4.25. The van der Waals surface area contributed by atoms with E-state index < -0.39 is 17.4 Å². The molecule has 0 unspecified atom stereocenters. The lowest BCUT2D eigenvalue weighted by molar-refractivity contribution is -0.121. The van der Waals surface area contributed by atoms with Gasteiger partial charge in [-0.2, -0.15) is 0 Å². The predicted molar refractivity (Wildman–Crippen MR) is 62.8 cm³/mol. The molecule has 0 saturated carbocycles. The Labute approximate surface area is 98.8 Å². The fourth-order valence-electron chi connectivity index (χ4n) is 1.24. The van der Waals surface area contributed by atoms with Gasteiger partial charge in [0.1, 0.15) is 11.4 Å². The van der Waals surface area contributed by atoms with E-state index in [1.807, 2.05) is 0 Å². The summed E-state index contributed by atoms with van der Waals surface area (Å²) in [6, 6.07) is 2.94. The molecular formula is C11H15N3O3. The number of carboxylic acid groups (broad SMARTS) is 1. The van der Waals surface area contributed by atoms with Crippen LogP contribution in [0.4, 0.5) is 5.82 Å². The van der Waals surface area contributed by atoms with Gasteiger partial charge in [0.05, 0.1) is 11.3 Å². The quantitative estimate of drug-likeness (QED) is 0.717. The van der Waals surface area contributed by atoms with Gasteiger partial charge >= 0.3 is 5.97 Å². The predicted octanol–water partition coefficient (Wildman–Crippen LogP) is 0.764. The van der Waals surface area contributed by atoms with Crippen molar-refractivity contribution < 1.29 is 14.7 Å². The average Bonchev–Trinajstić information content (AvgIpc) is 2.15. The minimum absolute atomic E-state index is 0.132. The zero-order valence-electron chi connectivity index (χ0n) is 9.94. The van der Waals surface area contributed by atoms with Crippen LogP contribution in [0.15, 0.2) is 12.1 Å². The molecule has 17 heavy (non-hydrogen) atoms. The molecule has 0 atom stereocenters. The third-order valence-corrected chi connectivity index (χ3v) is 2.37. The van der Waals surface area contributed by atoms with Crippen LogP contribution in [0.5, 0.6) is 0 Å². The Hall–Kier alpha value is -2.11. The molecule has 0 spiro atoms. The van der Waals surface area contributed by atoms with Crippen molar-refractivity contribution in [3.8, 4) is 0 Å². The first kappa shape index (κ1) is 13.0. The van der Waals surface area contributed by atoms with Crippen molar-refractivity contribution in [3.05, 3.63) is 23.4 Å². The highest BCUT2D eigenvalue weighted by Gasteiger charge is 2.25.